The van der Waals surface area contributed by atoms with Crippen molar-refractivity contribution in [3.63, 3.8) is 0 Å². The van der Waals surface area contributed by atoms with E-state index in [0.717, 1.165) is 22.0 Å². The minimum absolute atomic E-state index is 0.0255. The van der Waals surface area contributed by atoms with E-state index in [-0.39, 0.29) is 11.3 Å². The van der Waals surface area contributed by atoms with Gasteiger partial charge in [0.2, 0.25) is 0 Å². The highest BCUT2D eigenvalue weighted by atomic mass is 16.5. The molecular formula is C27H22N2O4. The molecule has 164 valence electrons. The van der Waals surface area contributed by atoms with E-state index in [2.05, 4.69) is 4.98 Å². The van der Waals surface area contributed by atoms with Gasteiger partial charge in [0.1, 0.15) is 11.5 Å². The summed E-state index contributed by atoms with van der Waals surface area (Å²) >= 11 is 0. The average Bonchev–Trinajstić information content (AvgIpc) is 3.37. The molecule has 33 heavy (non-hydrogen) atoms. The lowest BCUT2D eigenvalue weighted by atomic mass is 9.94. The van der Waals surface area contributed by atoms with Crippen molar-refractivity contribution < 1.29 is 19.4 Å². The third-order valence-electron chi connectivity index (χ3n) is 6.00. The molecule has 1 fully saturated rings. The fraction of sp³-hybridized carbons (Fsp3) is 0.111. The molecule has 5 rings (SSSR count). The molecule has 2 heterocycles. The predicted molar refractivity (Wildman–Crippen MR) is 127 cm³/mol. The summed E-state index contributed by atoms with van der Waals surface area (Å²) < 4.78 is 5.44. The summed E-state index contributed by atoms with van der Waals surface area (Å²) in [6.45, 7) is 1.88. The van der Waals surface area contributed by atoms with Gasteiger partial charge in [-0.25, -0.2) is 0 Å². The van der Waals surface area contributed by atoms with Crippen LogP contribution < -0.4 is 9.64 Å². The Morgan fingerprint density at radius 1 is 1.00 bits per heavy atom. The Kier molecular flexibility index (Phi) is 4.98. The Balaban J connectivity index is 1.81. The van der Waals surface area contributed by atoms with Gasteiger partial charge >= 0.3 is 0 Å². The summed E-state index contributed by atoms with van der Waals surface area (Å²) in [5, 5.41) is 12.3. The molecule has 1 aliphatic rings. The summed E-state index contributed by atoms with van der Waals surface area (Å²) in [4.78, 5) is 31.3. The van der Waals surface area contributed by atoms with Crippen LogP contribution in [0.5, 0.6) is 5.75 Å². The van der Waals surface area contributed by atoms with Crippen LogP contribution in [0.1, 0.15) is 22.7 Å². The lowest BCUT2D eigenvalue weighted by Crippen LogP contribution is -2.29. The van der Waals surface area contributed by atoms with Gasteiger partial charge < -0.3 is 14.8 Å². The quantitative estimate of drug-likeness (QED) is 0.263. The zero-order valence-corrected chi connectivity index (χ0v) is 18.2. The third kappa shape index (κ3) is 3.27. The average molecular weight is 438 g/mol. The molecule has 0 radical (unpaired) electrons. The molecule has 6 nitrogen and oxygen atoms in total. The second-order valence-corrected chi connectivity index (χ2v) is 8.00. The number of benzene rings is 3. The van der Waals surface area contributed by atoms with Crippen LogP contribution in [0, 0.1) is 6.92 Å². The van der Waals surface area contributed by atoms with Crippen LogP contribution in [0.4, 0.5) is 5.69 Å². The molecule has 1 unspecified atom stereocenters. The molecule has 6 heteroatoms. The van der Waals surface area contributed by atoms with Crippen molar-refractivity contribution in [1.29, 1.82) is 0 Å². The molecule has 4 aromatic rings. The number of nitrogens with one attached hydrogen (secondary N) is 1. The number of anilines is 1. The maximum absolute atomic E-state index is 13.4. The van der Waals surface area contributed by atoms with Gasteiger partial charge in [0.05, 0.1) is 24.3 Å². The van der Waals surface area contributed by atoms with Crippen LogP contribution in [-0.4, -0.2) is 28.9 Å². The van der Waals surface area contributed by atoms with Gasteiger partial charge in [0, 0.05) is 28.4 Å². The fourth-order valence-electron chi connectivity index (χ4n) is 4.45. The second kappa shape index (κ2) is 7.98. The highest BCUT2D eigenvalue weighted by Gasteiger charge is 2.47. The number of para-hydroxylation sites is 2. The normalized spacial score (nSPS) is 17.6. The minimum Gasteiger partial charge on any atom is -0.507 e. The Morgan fingerprint density at radius 3 is 2.48 bits per heavy atom. The van der Waals surface area contributed by atoms with Crippen LogP contribution in [0.2, 0.25) is 0 Å². The molecule has 0 aliphatic carbocycles. The van der Waals surface area contributed by atoms with Gasteiger partial charge in [-0.05, 0) is 37.3 Å². The van der Waals surface area contributed by atoms with Crippen molar-refractivity contribution in [3.05, 3.63) is 101 Å². The molecule has 0 saturated carbocycles. The number of amides is 1. The Hall–Kier alpha value is -4.32. The fourth-order valence-corrected chi connectivity index (χ4v) is 4.45. The molecule has 1 aliphatic heterocycles. The molecule has 2 N–H and O–H groups in total. The number of ketones is 1. The lowest BCUT2D eigenvalue weighted by molar-refractivity contribution is -0.132. The number of hydrogen-bond donors (Lipinski definition) is 2. The summed E-state index contributed by atoms with van der Waals surface area (Å²) in [6.07, 6.45) is 1.79. The zero-order chi connectivity index (χ0) is 23.1. The summed E-state index contributed by atoms with van der Waals surface area (Å²) in [5.74, 6) is -1.27. The van der Waals surface area contributed by atoms with E-state index in [9.17, 15) is 14.7 Å². The number of rotatable bonds is 4. The number of Topliss-reactive ketones (excluding diaryl/α,β-unsaturated/α-hetero) is 1. The first-order valence-corrected chi connectivity index (χ1v) is 10.6. The van der Waals surface area contributed by atoms with Crippen molar-refractivity contribution >= 4 is 34.0 Å². The summed E-state index contributed by atoms with van der Waals surface area (Å²) in [7, 11) is 1.50. The molecule has 1 aromatic heterocycles. The standard InChI is InChI=1S/C27H22N2O4/c1-16-12-13-22(33-2)19(14-16)25(30)23-24(20-15-28-21-11-7-6-10-18(20)21)29(27(32)26(23)31)17-8-4-3-5-9-17/h3-15,24,28,30H,1-2H3/b25-23+. The van der Waals surface area contributed by atoms with Gasteiger partial charge in [-0.2, -0.15) is 0 Å². The van der Waals surface area contributed by atoms with Crippen molar-refractivity contribution in [1.82, 2.24) is 4.98 Å². The number of aromatic nitrogens is 1. The number of aliphatic hydroxyl groups excluding tert-OH is 1. The van der Waals surface area contributed by atoms with E-state index in [4.69, 9.17) is 4.74 Å². The van der Waals surface area contributed by atoms with Gasteiger partial charge in [0.15, 0.2) is 0 Å². The first-order chi connectivity index (χ1) is 16.0. The number of aryl methyl sites for hydroxylation is 1. The number of aromatic amines is 1. The highest BCUT2D eigenvalue weighted by Crippen LogP contribution is 2.45. The van der Waals surface area contributed by atoms with Crippen LogP contribution in [0.25, 0.3) is 16.7 Å². The lowest BCUT2D eigenvalue weighted by Gasteiger charge is -2.25. The van der Waals surface area contributed by atoms with Gasteiger partial charge in [-0.1, -0.05) is 48.0 Å². The summed E-state index contributed by atoms with van der Waals surface area (Å²) in [6, 6.07) is 21.2. The zero-order valence-electron chi connectivity index (χ0n) is 18.2. The van der Waals surface area contributed by atoms with Gasteiger partial charge in [-0.3, -0.25) is 14.5 Å². The van der Waals surface area contributed by atoms with Gasteiger partial charge in [0.25, 0.3) is 11.7 Å². The van der Waals surface area contributed by atoms with Crippen molar-refractivity contribution in [3.8, 4) is 5.75 Å². The molecule has 0 bridgehead atoms. The van der Waals surface area contributed by atoms with Crippen LogP contribution in [-0.2, 0) is 9.59 Å². The molecule has 3 aromatic carbocycles. The van der Waals surface area contributed by atoms with Crippen molar-refractivity contribution in [2.75, 3.05) is 12.0 Å². The Labute approximate surface area is 190 Å². The number of aliphatic hydroxyl groups is 1. The van der Waals surface area contributed by atoms with Gasteiger partial charge in [-0.15, -0.1) is 0 Å². The first-order valence-electron chi connectivity index (χ1n) is 10.6. The van der Waals surface area contributed by atoms with Crippen LogP contribution >= 0.6 is 0 Å². The van der Waals surface area contributed by atoms with Crippen LogP contribution in [0.15, 0.2) is 84.6 Å². The van der Waals surface area contributed by atoms with E-state index in [1.54, 1.807) is 30.5 Å². The van der Waals surface area contributed by atoms with Crippen LogP contribution in [0.3, 0.4) is 0 Å². The van der Waals surface area contributed by atoms with E-state index in [1.165, 1.54) is 12.0 Å². The van der Waals surface area contributed by atoms with E-state index in [0.29, 0.717) is 17.0 Å². The number of ether oxygens (including phenoxy) is 1. The number of carbonyl (C=O) groups excluding carboxylic acids is 2. The largest absolute Gasteiger partial charge is 0.507 e. The van der Waals surface area contributed by atoms with E-state index >= 15 is 0 Å². The van der Waals surface area contributed by atoms with E-state index in [1.807, 2.05) is 55.5 Å². The number of nitrogens with zero attached hydrogens (tertiary/aromatic N) is 1. The Bertz CT molecular complexity index is 1420. The summed E-state index contributed by atoms with van der Waals surface area (Å²) in [5.41, 5.74) is 3.45. The third-order valence-corrected chi connectivity index (χ3v) is 6.00. The monoisotopic (exact) mass is 438 g/mol. The first kappa shape index (κ1) is 20.6. The molecule has 0 spiro atoms. The second-order valence-electron chi connectivity index (χ2n) is 8.00. The number of hydrogen-bond acceptors (Lipinski definition) is 4. The highest BCUT2D eigenvalue weighted by molar-refractivity contribution is 6.52. The molecular weight excluding hydrogens is 416 g/mol. The SMILES string of the molecule is COc1ccc(C)cc1/C(O)=C1\C(=O)C(=O)N(c2ccccc2)C1c1c[nH]c2ccccc12. The number of methoxy groups -OCH3 is 1. The van der Waals surface area contributed by atoms with E-state index < -0.39 is 17.7 Å². The predicted octanol–water partition coefficient (Wildman–Crippen LogP) is 5.11. The Morgan fingerprint density at radius 2 is 1.73 bits per heavy atom. The number of fused-ring (bicyclic) bond motifs is 1. The smallest absolute Gasteiger partial charge is 0.300 e. The number of H-pyrrole nitrogens is 1. The molecule has 1 saturated heterocycles. The van der Waals surface area contributed by atoms with Crippen molar-refractivity contribution in [2.24, 2.45) is 0 Å². The molecule has 1 atom stereocenters. The maximum Gasteiger partial charge on any atom is 0.300 e. The molecule has 1 amide bonds. The topological polar surface area (TPSA) is 82.6 Å². The minimum atomic E-state index is -0.811. The number of carbonyl (C=O) groups is 2. The van der Waals surface area contributed by atoms with Crippen molar-refractivity contribution in [2.45, 2.75) is 13.0 Å². The maximum atomic E-state index is 13.4.